The van der Waals surface area contributed by atoms with Crippen LogP contribution in [0.3, 0.4) is 0 Å². The number of ketones is 1. The first-order chi connectivity index (χ1) is 10.8. The summed E-state index contributed by atoms with van der Waals surface area (Å²) >= 11 is 5.31. The third kappa shape index (κ3) is 1.87. The van der Waals surface area contributed by atoms with Crippen molar-refractivity contribution < 1.29 is 4.79 Å². The Kier molecular flexibility index (Phi) is 2.87. The van der Waals surface area contributed by atoms with Gasteiger partial charge in [-0.2, -0.15) is 0 Å². The van der Waals surface area contributed by atoms with Gasteiger partial charge in [-0.05, 0) is 12.1 Å². The monoisotopic (exact) mass is 305 g/mol. The van der Waals surface area contributed by atoms with Crippen LogP contribution in [-0.2, 0) is 0 Å². The van der Waals surface area contributed by atoms with Crippen LogP contribution in [0.2, 0.25) is 0 Å². The van der Waals surface area contributed by atoms with E-state index >= 15 is 0 Å². The number of nitrogens with zero attached hydrogens (tertiary/aromatic N) is 2. The number of hydrogen-bond donors (Lipinski definition) is 1. The third-order valence-corrected chi connectivity index (χ3v) is 4.00. The Labute approximate surface area is 131 Å². The van der Waals surface area contributed by atoms with Crippen LogP contribution in [0.15, 0.2) is 61.1 Å². The molecule has 22 heavy (non-hydrogen) atoms. The van der Waals surface area contributed by atoms with Crippen molar-refractivity contribution in [3.63, 3.8) is 0 Å². The average Bonchev–Trinajstić information content (AvgIpc) is 2.95. The van der Waals surface area contributed by atoms with E-state index in [1.165, 1.54) is 0 Å². The molecular formula is C17H11N3OS. The van der Waals surface area contributed by atoms with Crippen molar-refractivity contribution in [3.8, 4) is 0 Å². The number of nitrogens with one attached hydrogen (secondary N) is 1. The van der Waals surface area contributed by atoms with E-state index in [9.17, 15) is 4.79 Å². The number of rotatable bonds is 2. The van der Waals surface area contributed by atoms with Gasteiger partial charge in [-0.1, -0.05) is 48.6 Å². The standard InChI is InChI=1S/C17H11N3OS/c21-16(11-5-2-1-3-6-11)14-8-4-7-13-15-12(9-20(13)14)18-10-19-17(15)22/h1-10H,(H,18,19,22). The van der Waals surface area contributed by atoms with Crippen molar-refractivity contribution in [1.82, 2.24) is 14.4 Å². The Balaban J connectivity index is 2.04. The van der Waals surface area contributed by atoms with Gasteiger partial charge in [0.25, 0.3) is 0 Å². The molecule has 0 aliphatic heterocycles. The molecule has 0 unspecified atom stereocenters. The van der Waals surface area contributed by atoms with Crippen molar-refractivity contribution in [2.24, 2.45) is 0 Å². The second-order valence-corrected chi connectivity index (χ2v) is 5.37. The van der Waals surface area contributed by atoms with Gasteiger partial charge in [-0.25, -0.2) is 4.98 Å². The molecule has 4 rings (SSSR count). The molecule has 3 aromatic heterocycles. The van der Waals surface area contributed by atoms with Crippen LogP contribution >= 0.6 is 12.2 Å². The minimum atomic E-state index is -0.0228. The lowest BCUT2D eigenvalue weighted by Crippen LogP contribution is -2.06. The minimum absolute atomic E-state index is 0.0228. The maximum absolute atomic E-state index is 12.7. The van der Waals surface area contributed by atoms with Gasteiger partial charge in [-0.3, -0.25) is 4.79 Å². The van der Waals surface area contributed by atoms with Crippen LogP contribution in [0, 0.1) is 4.64 Å². The average molecular weight is 305 g/mol. The Hall–Kier alpha value is -2.79. The molecule has 1 aromatic carbocycles. The van der Waals surface area contributed by atoms with E-state index in [1.807, 2.05) is 59.1 Å². The molecule has 1 N–H and O–H groups in total. The van der Waals surface area contributed by atoms with Gasteiger partial charge >= 0.3 is 0 Å². The van der Waals surface area contributed by atoms with Crippen LogP contribution in [-0.4, -0.2) is 20.2 Å². The largest absolute Gasteiger partial charge is 0.344 e. The van der Waals surface area contributed by atoms with Gasteiger partial charge in [0.2, 0.25) is 5.78 Å². The molecule has 4 nitrogen and oxygen atoms in total. The zero-order chi connectivity index (χ0) is 15.1. The number of fused-ring (bicyclic) bond motifs is 3. The molecule has 3 heterocycles. The lowest BCUT2D eigenvalue weighted by Gasteiger charge is -2.05. The van der Waals surface area contributed by atoms with Crippen molar-refractivity contribution in [2.75, 3.05) is 0 Å². The second-order valence-electron chi connectivity index (χ2n) is 4.99. The minimum Gasteiger partial charge on any atom is -0.344 e. The van der Waals surface area contributed by atoms with Crippen LogP contribution in [0.4, 0.5) is 0 Å². The second kappa shape index (κ2) is 4.89. The lowest BCUT2D eigenvalue weighted by atomic mass is 10.1. The van der Waals surface area contributed by atoms with Crippen LogP contribution in [0.5, 0.6) is 0 Å². The fraction of sp³-hybridized carbons (Fsp3) is 0. The summed E-state index contributed by atoms with van der Waals surface area (Å²) in [6.45, 7) is 0. The first-order valence-corrected chi connectivity index (χ1v) is 7.24. The Morgan fingerprint density at radius 1 is 1.09 bits per heavy atom. The van der Waals surface area contributed by atoms with E-state index in [0.29, 0.717) is 15.9 Å². The molecule has 0 saturated carbocycles. The summed E-state index contributed by atoms with van der Waals surface area (Å²) in [5.41, 5.74) is 3.01. The number of hydrogen-bond acceptors (Lipinski definition) is 3. The van der Waals surface area contributed by atoms with E-state index in [1.54, 1.807) is 6.33 Å². The summed E-state index contributed by atoms with van der Waals surface area (Å²) in [4.78, 5) is 19.9. The van der Waals surface area contributed by atoms with Crippen molar-refractivity contribution in [2.45, 2.75) is 0 Å². The van der Waals surface area contributed by atoms with Crippen LogP contribution in [0.1, 0.15) is 16.1 Å². The van der Waals surface area contributed by atoms with Gasteiger partial charge in [0, 0.05) is 11.8 Å². The molecule has 4 aromatic rings. The summed E-state index contributed by atoms with van der Waals surface area (Å²) in [5, 5.41) is 0.861. The first kappa shape index (κ1) is 12.9. The number of H-pyrrole nitrogens is 1. The van der Waals surface area contributed by atoms with Crippen LogP contribution < -0.4 is 0 Å². The highest BCUT2D eigenvalue weighted by Crippen LogP contribution is 2.23. The number of carbonyl (C=O) groups is 1. The fourth-order valence-corrected chi connectivity index (χ4v) is 2.94. The highest BCUT2D eigenvalue weighted by Gasteiger charge is 2.14. The number of carbonyl (C=O) groups excluding carboxylic acids is 1. The maximum atomic E-state index is 12.7. The van der Waals surface area contributed by atoms with Gasteiger partial charge in [0.1, 0.15) is 4.64 Å². The van der Waals surface area contributed by atoms with Crippen molar-refractivity contribution >= 4 is 34.4 Å². The smallest absolute Gasteiger partial charge is 0.209 e. The number of pyridine rings is 1. The van der Waals surface area contributed by atoms with E-state index in [2.05, 4.69) is 9.97 Å². The lowest BCUT2D eigenvalue weighted by molar-refractivity contribution is 0.103. The fourth-order valence-electron chi connectivity index (χ4n) is 2.68. The topological polar surface area (TPSA) is 50.2 Å². The highest BCUT2D eigenvalue weighted by molar-refractivity contribution is 7.71. The zero-order valence-corrected chi connectivity index (χ0v) is 12.3. The van der Waals surface area contributed by atoms with Crippen molar-refractivity contribution in [3.05, 3.63) is 77.0 Å². The predicted octanol–water partition coefficient (Wildman–Crippen LogP) is 3.78. The van der Waals surface area contributed by atoms with Gasteiger partial charge in [0.15, 0.2) is 0 Å². The van der Waals surface area contributed by atoms with E-state index in [0.717, 1.165) is 16.4 Å². The molecule has 0 bridgehead atoms. The number of aromatic amines is 1. The van der Waals surface area contributed by atoms with E-state index in [-0.39, 0.29) is 5.78 Å². The summed E-state index contributed by atoms with van der Waals surface area (Å²) in [6, 6.07) is 14.9. The number of aromatic nitrogens is 3. The Bertz CT molecular complexity index is 1060. The molecule has 0 spiro atoms. The Morgan fingerprint density at radius 2 is 1.91 bits per heavy atom. The highest BCUT2D eigenvalue weighted by atomic mass is 32.1. The molecule has 0 atom stereocenters. The first-order valence-electron chi connectivity index (χ1n) is 6.83. The predicted molar refractivity (Wildman–Crippen MR) is 87.8 cm³/mol. The zero-order valence-electron chi connectivity index (χ0n) is 11.5. The summed E-state index contributed by atoms with van der Waals surface area (Å²) < 4.78 is 2.40. The van der Waals surface area contributed by atoms with Gasteiger partial charge in [-0.15, -0.1) is 0 Å². The van der Waals surface area contributed by atoms with Crippen LogP contribution in [0.25, 0.3) is 16.4 Å². The molecular weight excluding hydrogens is 294 g/mol. The van der Waals surface area contributed by atoms with Crippen molar-refractivity contribution in [1.29, 1.82) is 0 Å². The quantitative estimate of drug-likeness (QED) is 0.453. The molecule has 0 aliphatic rings. The Morgan fingerprint density at radius 3 is 2.73 bits per heavy atom. The van der Waals surface area contributed by atoms with Gasteiger partial charge in [0.05, 0.1) is 28.4 Å². The normalized spacial score (nSPS) is 11.1. The van der Waals surface area contributed by atoms with E-state index in [4.69, 9.17) is 12.2 Å². The third-order valence-electron chi connectivity index (χ3n) is 3.70. The maximum Gasteiger partial charge on any atom is 0.209 e. The molecule has 0 saturated heterocycles. The van der Waals surface area contributed by atoms with E-state index < -0.39 is 0 Å². The molecule has 0 fully saturated rings. The molecule has 0 radical (unpaired) electrons. The molecule has 5 heteroatoms. The SMILES string of the molecule is O=C(c1ccccc1)c1cccc2c3c(=S)nc[nH]c3cn12. The molecule has 0 aliphatic carbocycles. The summed E-state index contributed by atoms with van der Waals surface area (Å²) in [5.74, 6) is -0.0228. The summed E-state index contributed by atoms with van der Waals surface area (Å²) in [6.07, 6.45) is 3.46. The summed E-state index contributed by atoms with van der Waals surface area (Å²) in [7, 11) is 0. The van der Waals surface area contributed by atoms with Gasteiger partial charge < -0.3 is 9.38 Å². The molecule has 106 valence electrons. The molecule has 0 amide bonds. The number of benzene rings is 1.